The molecule has 2 atom stereocenters. The van der Waals surface area contributed by atoms with Crippen molar-refractivity contribution in [2.75, 3.05) is 0 Å². The monoisotopic (exact) mass is 364 g/mol. The van der Waals surface area contributed by atoms with Gasteiger partial charge in [-0.05, 0) is 30.5 Å². The summed E-state index contributed by atoms with van der Waals surface area (Å²) in [5.74, 6) is 2.84. The Kier molecular flexibility index (Phi) is 4.71. The Morgan fingerprint density at radius 2 is 2.12 bits per heavy atom. The van der Waals surface area contributed by atoms with Gasteiger partial charge in [0.1, 0.15) is 16.5 Å². The van der Waals surface area contributed by atoms with Gasteiger partial charge >= 0.3 is 0 Å². The van der Waals surface area contributed by atoms with Crippen LogP contribution < -0.4 is 5.32 Å². The molecular weight excluding hydrogens is 344 g/mol. The third-order valence-electron chi connectivity index (χ3n) is 4.54. The lowest BCUT2D eigenvalue weighted by Gasteiger charge is -1.98. The van der Waals surface area contributed by atoms with Crippen LogP contribution in [0, 0.1) is 5.92 Å². The lowest BCUT2D eigenvalue weighted by Crippen LogP contribution is -2.20. The third kappa shape index (κ3) is 3.94. The smallest absolute Gasteiger partial charge is 0.244 e. The highest BCUT2D eigenvalue weighted by Gasteiger charge is 2.36. The fourth-order valence-electron chi connectivity index (χ4n) is 2.87. The SMILES string of the molecule is CC1CC1c1ccc(/C=C/C(=O)NCc2csc(-c3ccccc3)n2)o1. The predicted octanol–water partition coefficient (Wildman–Crippen LogP) is 4.86. The van der Waals surface area contributed by atoms with E-state index in [1.807, 2.05) is 47.8 Å². The van der Waals surface area contributed by atoms with Gasteiger partial charge in [0.15, 0.2) is 0 Å². The predicted molar refractivity (Wildman–Crippen MR) is 104 cm³/mol. The number of rotatable bonds is 6. The molecule has 0 spiro atoms. The van der Waals surface area contributed by atoms with Crippen molar-refractivity contribution < 1.29 is 9.21 Å². The quantitative estimate of drug-likeness (QED) is 0.636. The van der Waals surface area contributed by atoms with E-state index in [1.165, 1.54) is 12.5 Å². The standard InChI is InChI=1S/C21H20N2O2S/c1-14-11-18(14)19-9-7-17(25-19)8-10-20(24)22-12-16-13-26-21(23-16)15-5-3-2-4-6-15/h2-10,13-14,18H,11-12H2,1H3,(H,22,24)/b10-8+. The van der Waals surface area contributed by atoms with Crippen LogP contribution in [0.25, 0.3) is 16.6 Å². The number of thiazole rings is 1. The highest BCUT2D eigenvalue weighted by molar-refractivity contribution is 7.13. The molecule has 1 aliphatic rings. The highest BCUT2D eigenvalue weighted by Crippen LogP contribution is 2.47. The number of furan rings is 1. The minimum absolute atomic E-state index is 0.156. The number of carbonyl (C=O) groups excluding carboxylic acids is 1. The van der Waals surface area contributed by atoms with E-state index >= 15 is 0 Å². The second kappa shape index (κ2) is 7.30. The minimum atomic E-state index is -0.156. The highest BCUT2D eigenvalue weighted by atomic mass is 32.1. The Morgan fingerprint density at radius 1 is 1.31 bits per heavy atom. The van der Waals surface area contributed by atoms with Crippen molar-refractivity contribution in [3.63, 3.8) is 0 Å². The number of amides is 1. The maximum absolute atomic E-state index is 12.0. The normalized spacial score (nSPS) is 19.0. The van der Waals surface area contributed by atoms with E-state index in [0.29, 0.717) is 24.1 Å². The zero-order valence-electron chi connectivity index (χ0n) is 14.5. The van der Waals surface area contributed by atoms with E-state index in [9.17, 15) is 4.79 Å². The van der Waals surface area contributed by atoms with E-state index in [2.05, 4.69) is 17.2 Å². The van der Waals surface area contributed by atoms with Gasteiger partial charge in [0.25, 0.3) is 0 Å². The lowest BCUT2D eigenvalue weighted by molar-refractivity contribution is -0.116. The van der Waals surface area contributed by atoms with Crippen molar-refractivity contribution in [2.24, 2.45) is 5.92 Å². The molecule has 4 nitrogen and oxygen atoms in total. The van der Waals surface area contributed by atoms with E-state index in [0.717, 1.165) is 22.0 Å². The van der Waals surface area contributed by atoms with Crippen molar-refractivity contribution in [3.8, 4) is 10.6 Å². The van der Waals surface area contributed by atoms with Crippen LogP contribution in [0.1, 0.15) is 36.5 Å². The fourth-order valence-corrected chi connectivity index (χ4v) is 3.70. The maximum Gasteiger partial charge on any atom is 0.244 e. The van der Waals surface area contributed by atoms with Gasteiger partial charge in [-0.1, -0.05) is 37.3 Å². The van der Waals surface area contributed by atoms with Crippen LogP contribution in [0.5, 0.6) is 0 Å². The average molecular weight is 364 g/mol. The summed E-state index contributed by atoms with van der Waals surface area (Å²) in [6.45, 7) is 2.63. The molecule has 2 heterocycles. The molecule has 1 fully saturated rings. The van der Waals surface area contributed by atoms with E-state index in [-0.39, 0.29) is 5.91 Å². The van der Waals surface area contributed by atoms with Crippen LogP contribution in [-0.2, 0) is 11.3 Å². The fraction of sp³-hybridized carbons (Fsp3) is 0.238. The van der Waals surface area contributed by atoms with E-state index < -0.39 is 0 Å². The van der Waals surface area contributed by atoms with Gasteiger partial charge in [0, 0.05) is 22.9 Å². The van der Waals surface area contributed by atoms with Crippen molar-refractivity contribution in [3.05, 3.63) is 71.1 Å². The molecule has 2 aromatic heterocycles. The second-order valence-electron chi connectivity index (χ2n) is 6.62. The van der Waals surface area contributed by atoms with Gasteiger partial charge in [-0.25, -0.2) is 4.98 Å². The molecule has 3 aromatic rings. The minimum Gasteiger partial charge on any atom is -0.461 e. The van der Waals surface area contributed by atoms with Crippen molar-refractivity contribution >= 4 is 23.3 Å². The van der Waals surface area contributed by atoms with Gasteiger partial charge in [-0.2, -0.15) is 0 Å². The molecule has 4 rings (SSSR count). The number of aromatic nitrogens is 1. The van der Waals surface area contributed by atoms with Crippen LogP contribution in [0.15, 0.2) is 58.3 Å². The Hall–Kier alpha value is -2.66. The summed E-state index contributed by atoms with van der Waals surface area (Å²) in [4.78, 5) is 16.6. The topological polar surface area (TPSA) is 55.1 Å². The number of hydrogen-bond acceptors (Lipinski definition) is 4. The molecule has 0 saturated heterocycles. The Morgan fingerprint density at radius 3 is 2.88 bits per heavy atom. The number of nitrogens with one attached hydrogen (secondary N) is 1. The van der Waals surface area contributed by atoms with Crippen LogP contribution in [0.3, 0.4) is 0 Å². The molecule has 0 aliphatic heterocycles. The molecule has 1 N–H and O–H groups in total. The van der Waals surface area contributed by atoms with Gasteiger partial charge in [-0.3, -0.25) is 4.79 Å². The molecule has 2 unspecified atom stereocenters. The van der Waals surface area contributed by atoms with Crippen LogP contribution in [0.2, 0.25) is 0 Å². The summed E-state index contributed by atoms with van der Waals surface area (Å²) in [5.41, 5.74) is 1.95. The molecule has 0 radical (unpaired) electrons. The molecule has 1 amide bonds. The van der Waals surface area contributed by atoms with Gasteiger partial charge in [0.05, 0.1) is 12.2 Å². The first-order valence-corrected chi connectivity index (χ1v) is 9.62. The lowest BCUT2D eigenvalue weighted by atomic mass is 10.2. The molecule has 26 heavy (non-hydrogen) atoms. The third-order valence-corrected chi connectivity index (χ3v) is 5.48. The van der Waals surface area contributed by atoms with Gasteiger partial charge in [0.2, 0.25) is 5.91 Å². The molecule has 5 heteroatoms. The maximum atomic E-state index is 12.0. The zero-order chi connectivity index (χ0) is 17.9. The first-order chi connectivity index (χ1) is 12.7. The number of benzene rings is 1. The molecule has 1 aromatic carbocycles. The summed E-state index contributed by atoms with van der Waals surface area (Å²) in [7, 11) is 0. The number of carbonyl (C=O) groups is 1. The van der Waals surface area contributed by atoms with Crippen molar-refractivity contribution in [1.82, 2.24) is 10.3 Å². The summed E-state index contributed by atoms with van der Waals surface area (Å²) in [5, 5.41) is 5.79. The second-order valence-corrected chi connectivity index (χ2v) is 7.48. The molecular formula is C21H20N2O2S. The Balaban J connectivity index is 1.30. The summed E-state index contributed by atoms with van der Waals surface area (Å²) < 4.78 is 5.77. The first-order valence-electron chi connectivity index (χ1n) is 8.74. The summed E-state index contributed by atoms with van der Waals surface area (Å²) >= 11 is 1.58. The molecule has 1 saturated carbocycles. The summed E-state index contributed by atoms with van der Waals surface area (Å²) in [6.07, 6.45) is 4.40. The van der Waals surface area contributed by atoms with Gasteiger partial charge in [-0.15, -0.1) is 11.3 Å². The van der Waals surface area contributed by atoms with E-state index in [1.54, 1.807) is 17.4 Å². The van der Waals surface area contributed by atoms with Crippen LogP contribution in [-0.4, -0.2) is 10.9 Å². The Bertz CT molecular complexity index is 926. The van der Waals surface area contributed by atoms with Crippen LogP contribution >= 0.6 is 11.3 Å². The molecule has 0 bridgehead atoms. The number of hydrogen-bond donors (Lipinski definition) is 1. The largest absolute Gasteiger partial charge is 0.461 e. The van der Waals surface area contributed by atoms with Crippen molar-refractivity contribution in [2.45, 2.75) is 25.8 Å². The average Bonchev–Trinajstić information content (AvgIpc) is 3.07. The zero-order valence-corrected chi connectivity index (χ0v) is 15.3. The van der Waals surface area contributed by atoms with Crippen LogP contribution in [0.4, 0.5) is 0 Å². The Labute approximate surface area is 156 Å². The van der Waals surface area contributed by atoms with E-state index in [4.69, 9.17) is 4.42 Å². The first kappa shape index (κ1) is 16.8. The summed E-state index contributed by atoms with van der Waals surface area (Å²) in [6, 6.07) is 14.0. The number of nitrogens with zero attached hydrogens (tertiary/aromatic N) is 1. The van der Waals surface area contributed by atoms with Gasteiger partial charge < -0.3 is 9.73 Å². The molecule has 1 aliphatic carbocycles. The van der Waals surface area contributed by atoms with Crippen molar-refractivity contribution in [1.29, 1.82) is 0 Å². The molecule has 132 valence electrons.